The number of thiazole rings is 1. The van der Waals surface area contributed by atoms with E-state index in [1.807, 2.05) is 0 Å². The number of nitrogens with zero attached hydrogens (tertiary/aromatic N) is 1. The lowest BCUT2D eigenvalue weighted by molar-refractivity contribution is -0.119. The first kappa shape index (κ1) is 9.45. The summed E-state index contributed by atoms with van der Waals surface area (Å²) in [5.41, 5.74) is 6.74. The third-order valence-corrected chi connectivity index (χ3v) is 3.31. The van der Waals surface area contributed by atoms with E-state index < -0.39 is 0 Å². The van der Waals surface area contributed by atoms with Crippen LogP contribution in [0.5, 0.6) is 0 Å². The van der Waals surface area contributed by atoms with E-state index in [2.05, 4.69) is 10.3 Å². The predicted molar refractivity (Wildman–Crippen MR) is 56.2 cm³/mol. The molecule has 0 aromatic carbocycles. The van der Waals surface area contributed by atoms with Crippen molar-refractivity contribution in [2.24, 2.45) is 0 Å². The van der Waals surface area contributed by atoms with Crippen molar-refractivity contribution in [3.05, 3.63) is 10.6 Å². The minimum Gasteiger partial charge on any atom is -0.375 e. The second-order valence-corrected chi connectivity index (χ2v) is 4.68. The number of carbonyl (C=O) groups excluding carboxylic acids is 1. The molecule has 1 heterocycles. The van der Waals surface area contributed by atoms with Crippen molar-refractivity contribution >= 4 is 22.4 Å². The molecule has 5 heteroatoms. The molecule has 14 heavy (non-hydrogen) atoms. The van der Waals surface area contributed by atoms with E-state index in [1.165, 1.54) is 16.2 Å². The highest BCUT2D eigenvalue weighted by molar-refractivity contribution is 7.15. The van der Waals surface area contributed by atoms with Gasteiger partial charge in [0.1, 0.15) is 0 Å². The van der Waals surface area contributed by atoms with Gasteiger partial charge >= 0.3 is 0 Å². The second kappa shape index (κ2) is 3.57. The molecule has 1 aromatic heterocycles. The zero-order chi connectivity index (χ0) is 10.1. The number of amides is 1. The lowest BCUT2D eigenvalue weighted by atomic mass is 9.98. The summed E-state index contributed by atoms with van der Waals surface area (Å²) in [4.78, 5) is 16.4. The molecule has 0 spiro atoms. The Hall–Kier alpha value is -1.10. The Morgan fingerprint density at radius 2 is 2.50 bits per heavy atom. The summed E-state index contributed by atoms with van der Waals surface area (Å²) in [7, 11) is 0. The van der Waals surface area contributed by atoms with E-state index in [9.17, 15) is 4.79 Å². The van der Waals surface area contributed by atoms with Gasteiger partial charge in [0.25, 0.3) is 0 Å². The standard InChI is InChI=1S/C9H13N3OS/c1-5(13)11-6-2-3-7-8(4-6)14-9(10)12-7/h6H,2-4H2,1H3,(H2,10,12)(H,11,13). The number of hydrogen-bond acceptors (Lipinski definition) is 4. The van der Waals surface area contributed by atoms with Gasteiger partial charge in [0, 0.05) is 24.3 Å². The summed E-state index contributed by atoms with van der Waals surface area (Å²) >= 11 is 1.54. The Balaban J connectivity index is 2.09. The van der Waals surface area contributed by atoms with Gasteiger partial charge in [-0.1, -0.05) is 0 Å². The summed E-state index contributed by atoms with van der Waals surface area (Å²) in [6, 6.07) is 0.264. The number of nitrogens with one attached hydrogen (secondary N) is 1. The molecule has 0 saturated heterocycles. The van der Waals surface area contributed by atoms with Gasteiger partial charge in [-0.25, -0.2) is 4.98 Å². The number of nitrogen functional groups attached to an aromatic ring is 1. The van der Waals surface area contributed by atoms with Crippen molar-refractivity contribution in [3.63, 3.8) is 0 Å². The number of carbonyl (C=O) groups is 1. The van der Waals surface area contributed by atoms with Crippen LogP contribution in [-0.4, -0.2) is 16.9 Å². The number of aryl methyl sites for hydroxylation is 1. The fourth-order valence-corrected chi connectivity index (χ4v) is 2.76. The molecule has 0 radical (unpaired) electrons. The summed E-state index contributed by atoms with van der Waals surface area (Å²) in [6.45, 7) is 1.55. The van der Waals surface area contributed by atoms with Crippen LogP contribution in [-0.2, 0) is 17.6 Å². The third kappa shape index (κ3) is 1.87. The molecule has 4 nitrogen and oxygen atoms in total. The van der Waals surface area contributed by atoms with Gasteiger partial charge in [-0.2, -0.15) is 0 Å². The summed E-state index contributed by atoms with van der Waals surface area (Å²) in [5, 5.41) is 3.57. The van der Waals surface area contributed by atoms with Gasteiger partial charge in [0.05, 0.1) is 5.69 Å². The molecule has 3 N–H and O–H groups in total. The van der Waals surface area contributed by atoms with Gasteiger partial charge in [-0.05, 0) is 12.8 Å². The molecule has 0 fully saturated rings. The molecule has 0 bridgehead atoms. The van der Waals surface area contributed by atoms with Crippen molar-refractivity contribution in [1.82, 2.24) is 10.3 Å². The van der Waals surface area contributed by atoms with Crippen LogP contribution in [0, 0.1) is 0 Å². The molecule has 1 aromatic rings. The first-order chi connectivity index (χ1) is 6.65. The van der Waals surface area contributed by atoms with Crippen LogP contribution in [0.15, 0.2) is 0 Å². The van der Waals surface area contributed by atoms with Crippen LogP contribution in [0.4, 0.5) is 5.13 Å². The van der Waals surface area contributed by atoms with E-state index in [0.29, 0.717) is 5.13 Å². The number of anilines is 1. The van der Waals surface area contributed by atoms with Crippen LogP contribution >= 0.6 is 11.3 Å². The summed E-state index contributed by atoms with van der Waals surface area (Å²) in [6.07, 6.45) is 2.77. The van der Waals surface area contributed by atoms with Crippen molar-refractivity contribution in [2.75, 3.05) is 5.73 Å². The van der Waals surface area contributed by atoms with Crippen molar-refractivity contribution in [2.45, 2.75) is 32.2 Å². The highest BCUT2D eigenvalue weighted by atomic mass is 32.1. The Labute approximate surface area is 86.5 Å². The number of fused-ring (bicyclic) bond motifs is 1. The van der Waals surface area contributed by atoms with Crippen molar-refractivity contribution in [3.8, 4) is 0 Å². The van der Waals surface area contributed by atoms with Crippen LogP contribution in [0.2, 0.25) is 0 Å². The third-order valence-electron chi connectivity index (χ3n) is 2.36. The fourth-order valence-electron chi connectivity index (χ4n) is 1.81. The van der Waals surface area contributed by atoms with E-state index in [0.717, 1.165) is 25.0 Å². The summed E-state index contributed by atoms with van der Waals surface area (Å²) < 4.78 is 0. The number of nitrogens with two attached hydrogens (primary N) is 1. The molecule has 0 saturated carbocycles. The topological polar surface area (TPSA) is 68.0 Å². The van der Waals surface area contributed by atoms with Crippen LogP contribution in [0.25, 0.3) is 0 Å². The monoisotopic (exact) mass is 211 g/mol. The quantitative estimate of drug-likeness (QED) is 0.719. The zero-order valence-corrected chi connectivity index (χ0v) is 8.86. The second-order valence-electron chi connectivity index (χ2n) is 3.56. The SMILES string of the molecule is CC(=O)NC1CCc2nc(N)sc2C1. The molecule has 0 aliphatic heterocycles. The average Bonchev–Trinajstić information content (AvgIpc) is 2.42. The Morgan fingerprint density at radius 3 is 3.21 bits per heavy atom. The maximum absolute atomic E-state index is 10.9. The Morgan fingerprint density at radius 1 is 1.71 bits per heavy atom. The molecule has 1 aliphatic rings. The predicted octanol–water partition coefficient (Wildman–Crippen LogP) is 0.719. The zero-order valence-electron chi connectivity index (χ0n) is 8.04. The average molecular weight is 211 g/mol. The molecule has 1 amide bonds. The van der Waals surface area contributed by atoms with Crippen LogP contribution in [0.1, 0.15) is 23.9 Å². The van der Waals surface area contributed by atoms with Crippen molar-refractivity contribution < 1.29 is 4.79 Å². The largest absolute Gasteiger partial charge is 0.375 e. The lowest BCUT2D eigenvalue weighted by Gasteiger charge is -2.21. The number of aromatic nitrogens is 1. The number of hydrogen-bond donors (Lipinski definition) is 2. The van der Waals surface area contributed by atoms with Gasteiger partial charge in [-0.3, -0.25) is 4.79 Å². The molecular formula is C9H13N3OS. The minimum absolute atomic E-state index is 0.0379. The Bertz CT molecular complexity index is 361. The van der Waals surface area contributed by atoms with E-state index in [1.54, 1.807) is 6.92 Å². The molecule has 1 aliphatic carbocycles. The first-order valence-electron chi connectivity index (χ1n) is 4.66. The molecule has 2 rings (SSSR count). The van der Waals surface area contributed by atoms with Crippen LogP contribution < -0.4 is 11.1 Å². The molecule has 1 unspecified atom stereocenters. The van der Waals surface area contributed by atoms with Gasteiger partial charge < -0.3 is 11.1 Å². The highest BCUT2D eigenvalue weighted by Gasteiger charge is 2.22. The Kier molecular flexibility index (Phi) is 2.41. The van der Waals surface area contributed by atoms with Gasteiger partial charge in [0.15, 0.2) is 5.13 Å². The molecule has 1 atom stereocenters. The molecule has 76 valence electrons. The molecular weight excluding hydrogens is 198 g/mol. The van der Waals surface area contributed by atoms with Crippen molar-refractivity contribution in [1.29, 1.82) is 0 Å². The summed E-state index contributed by atoms with van der Waals surface area (Å²) in [5.74, 6) is 0.0379. The van der Waals surface area contributed by atoms with Crippen LogP contribution in [0.3, 0.4) is 0 Å². The first-order valence-corrected chi connectivity index (χ1v) is 5.48. The minimum atomic E-state index is 0.0379. The number of rotatable bonds is 1. The lowest BCUT2D eigenvalue weighted by Crippen LogP contribution is -2.37. The van der Waals surface area contributed by atoms with E-state index in [4.69, 9.17) is 5.73 Å². The maximum Gasteiger partial charge on any atom is 0.217 e. The normalized spacial score (nSPS) is 20.2. The smallest absolute Gasteiger partial charge is 0.217 e. The highest BCUT2D eigenvalue weighted by Crippen LogP contribution is 2.27. The van der Waals surface area contributed by atoms with Gasteiger partial charge in [0.2, 0.25) is 5.91 Å². The van der Waals surface area contributed by atoms with Gasteiger partial charge in [-0.15, -0.1) is 11.3 Å². The van der Waals surface area contributed by atoms with E-state index in [-0.39, 0.29) is 11.9 Å². The fraction of sp³-hybridized carbons (Fsp3) is 0.556. The maximum atomic E-state index is 10.9. The van der Waals surface area contributed by atoms with E-state index >= 15 is 0 Å².